The summed E-state index contributed by atoms with van der Waals surface area (Å²) in [6.45, 7) is 4.21. The lowest BCUT2D eigenvalue weighted by Crippen LogP contribution is -2.51. The molecule has 1 saturated carbocycles. The Bertz CT molecular complexity index is 373. The molecule has 2 unspecified atom stereocenters. The second kappa shape index (κ2) is 7.66. The third kappa shape index (κ3) is 3.89. The van der Waals surface area contributed by atoms with Crippen molar-refractivity contribution in [3.05, 3.63) is 0 Å². The van der Waals surface area contributed by atoms with Crippen molar-refractivity contribution in [2.24, 2.45) is 5.92 Å². The first kappa shape index (κ1) is 16.1. The molecule has 1 saturated heterocycles. The van der Waals surface area contributed by atoms with Gasteiger partial charge in [0, 0.05) is 32.7 Å². The standard InChI is InChI=1S/C16H29N3O2/c1-3-17-16(21)19-12-7-5-4-6-11-18(2)15(20)13-9-8-10-14(13)19/h13-14H,3-12H2,1-2H3,(H,17,21). The van der Waals surface area contributed by atoms with Gasteiger partial charge >= 0.3 is 6.03 Å². The van der Waals surface area contributed by atoms with Crippen LogP contribution in [0.25, 0.3) is 0 Å². The maximum atomic E-state index is 12.7. The zero-order valence-corrected chi connectivity index (χ0v) is 13.4. The lowest BCUT2D eigenvalue weighted by atomic mass is 10.00. The van der Waals surface area contributed by atoms with E-state index in [9.17, 15) is 9.59 Å². The Morgan fingerprint density at radius 1 is 1.14 bits per heavy atom. The Labute approximate surface area is 128 Å². The van der Waals surface area contributed by atoms with Crippen molar-refractivity contribution in [3.63, 3.8) is 0 Å². The number of fused-ring (bicyclic) bond motifs is 1. The number of hydrogen-bond acceptors (Lipinski definition) is 2. The molecule has 2 rings (SSSR count). The number of carbonyl (C=O) groups is 2. The van der Waals surface area contributed by atoms with Crippen LogP contribution in [0.4, 0.5) is 4.79 Å². The lowest BCUT2D eigenvalue weighted by Gasteiger charge is -2.33. The zero-order valence-electron chi connectivity index (χ0n) is 13.4. The molecule has 0 radical (unpaired) electrons. The zero-order chi connectivity index (χ0) is 15.2. The molecule has 0 bridgehead atoms. The molecule has 1 aliphatic carbocycles. The van der Waals surface area contributed by atoms with Crippen molar-refractivity contribution in [1.29, 1.82) is 0 Å². The van der Waals surface area contributed by atoms with E-state index in [0.29, 0.717) is 6.54 Å². The average Bonchev–Trinajstić information content (AvgIpc) is 2.93. The average molecular weight is 295 g/mol. The normalized spacial score (nSPS) is 28.0. The third-order valence-electron chi connectivity index (χ3n) is 4.80. The minimum atomic E-state index is -0.00398. The minimum absolute atomic E-state index is 0.00380. The van der Waals surface area contributed by atoms with Gasteiger partial charge in [-0.1, -0.05) is 19.3 Å². The molecule has 21 heavy (non-hydrogen) atoms. The van der Waals surface area contributed by atoms with E-state index in [1.165, 1.54) is 0 Å². The molecule has 1 heterocycles. The molecular weight excluding hydrogens is 266 g/mol. The van der Waals surface area contributed by atoms with Crippen LogP contribution in [0.5, 0.6) is 0 Å². The minimum Gasteiger partial charge on any atom is -0.345 e. The molecule has 2 atom stereocenters. The summed E-state index contributed by atoms with van der Waals surface area (Å²) >= 11 is 0. The van der Waals surface area contributed by atoms with E-state index >= 15 is 0 Å². The van der Waals surface area contributed by atoms with E-state index in [-0.39, 0.29) is 23.9 Å². The van der Waals surface area contributed by atoms with Crippen molar-refractivity contribution in [2.75, 3.05) is 26.7 Å². The van der Waals surface area contributed by atoms with E-state index in [0.717, 1.165) is 58.0 Å². The fraction of sp³-hybridized carbons (Fsp3) is 0.875. The third-order valence-corrected chi connectivity index (χ3v) is 4.80. The van der Waals surface area contributed by atoms with Crippen LogP contribution >= 0.6 is 0 Å². The molecule has 5 nitrogen and oxygen atoms in total. The summed E-state index contributed by atoms with van der Waals surface area (Å²) in [5.74, 6) is 0.226. The van der Waals surface area contributed by atoms with Crippen LogP contribution in [-0.2, 0) is 4.79 Å². The number of urea groups is 1. The highest BCUT2D eigenvalue weighted by Gasteiger charge is 2.39. The lowest BCUT2D eigenvalue weighted by molar-refractivity contribution is -0.135. The van der Waals surface area contributed by atoms with Gasteiger partial charge in [0.1, 0.15) is 0 Å². The fourth-order valence-corrected chi connectivity index (χ4v) is 3.65. The van der Waals surface area contributed by atoms with Gasteiger partial charge in [-0.3, -0.25) is 4.79 Å². The number of carbonyl (C=O) groups excluding carboxylic acids is 2. The van der Waals surface area contributed by atoms with Crippen LogP contribution in [-0.4, -0.2) is 54.5 Å². The number of amides is 3. The van der Waals surface area contributed by atoms with E-state index in [2.05, 4.69) is 5.32 Å². The summed E-state index contributed by atoms with van der Waals surface area (Å²) in [6, 6.07) is 0.0914. The van der Waals surface area contributed by atoms with E-state index in [1.807, 2.05) is 23.8 Å². The van der Waals surface area contributed by atoms with Crippen molar-refractivity contribution in [1.82, 2.24) is 15.1 Å². The molecular formula is C16H29N3O2. The molecule has 0 aromatic carbocycles. The van der Waals surface area contributed by atoms with E-state index in [4.69, 9.17) is 0 Å². The Hall–Kier alpha value is -1.26. The molecule has 0 aromatic rings. The molecule has 1 aliphatic heterocycles. The van der Waals surface area contributed by atoms with Crippen LogP contribution in [0, 0.1) is 5.92 Å². The first-order valence-corrected chi connectivity index (χ1v) is 8.44. The van der Waals surface area contributed by atoms with Crippen molar-refractivity contribution < 1.29 is 9.59 Å². The summed E-state index contributed by atoms with van der Waals surface area (Å²) in [4.78, 5) is 28.8. The topological polar surface area (TPSA) is 52.7 Å². The van der Waals surface area contributed by atoms with E-state index < -0.39 is 0 Å². The van der Waals surface area contributed by atoms with Gasteiger partial charge in [0.25, 0.3) is 0 Å². The van der Waals surface area contributed by atoms with Crippen LogP contribution in [0.1, 0.15) is 51.9 Å². The maximum absolute atomic E-state index is 12.7. The number of nitrogens with zero attached hydrogens (tertiary/aromatic N) is 2. The van der Waals surface area contributed by atoms with Gasteiger partial charge < -0.3 is 15.1 Å². The van der Waals surface area contributed by atoms with Crippen LogP contribution in [0.2, 0.25) is 0 Å². The summed E-state index contributed by atoms with van der Waals surface area (Å²) in [7, 11) is 1.91. The molecule has 120 valence electrons. The van der Waals surface area contributed by atoms with E-state index in [1.54, 1.807) is 0 Å². The fourth-order valence-electron chi connectivity index (χ4n) is 3.65. The van der Waals surface area contributed by atoms with Crippen LogP contribution < -0.4 is 5.32 Å². The van der Waals surface area contributed by atoms with Crippen molar-refractivity contribution >= 4 is 11.9 Å². The molecule has 0 spiro atoms. The SMILES string of the molecule is CCNC(=O)N1CCCCCCN(C)C(=O)C2CCCC21. The van der Waals surface area contributed by atoms with Crippen molar-refractivity contribution in [3.8, 4) is 0 Å². The summed E-state index contributed by atoms with van der Waals surface area (Å²) in [6.07, 6.45) is 7.31. The molecule has 2 aliphatic rings. The Morgan fingerprint density at radius 3 is 2.57 bits per heavy atom. The van der Waals surface area contributed by atoms with Gasteiger partial charge in [-0.05, 0) is 32.6 Å². The second-order valence-corrected chi connectivity index (χ2v) is 6.31. The van der Waals surface area contributed by atoms with Gasteiger partial charge in [0.2, 0.25) is 5.91 Å². The van der Waals surface area contributed by atoms with Crippen LogP contribution in [0.15, 0.2) is 0 Å². The smallest absolute Gasteiger partial charge is 0.317 e. The predicted octanol–water partition coefficient (Wildman–Crippen LogP) is 2.22. The Balaban J connectivity index is 2.17. The van der Waals surface area contributed by atoms with Gasteiger partial charge in [-0.15, -0.1) is 0 Å². The summed E-state index contributed by atoms with van der Waals surface area (Å²) < 4.78 is 0. The highest BCUT2D eigenvalue weighted by molar-refractivity contribution is 5.81. The number of rotatable bonds is 1. The first-order chi connectivity index (χ1) is 10.1. The highest BCUT2D eigenvalue weighted by Crippen LogP contribution is 2.32. The van der Waals surface area contributed by atoms with Gasteiger partial charge in [0.05, 0.1) is 5.92 Å². The van der Waals surface area contributed by atoms with Crippen molar-refractivity contribution in [2.45, 2.75) is 57.9 Å². The largest absolute Gasteiger partial charge is 0.345 e. The van der Waals surface area contributed by atoms with Gasteiger partial charge in [0.15, 0.2) is 0 Å². The second-order valence-electron chi connectivity index (χ2n) is 6.31. The molecule has 0 aromatic heterocycles. The number of nitrogens with one attached hydrogen (secondary N) is 1. The maximum Gasteiger partial charge on any atom is 0.317 e. The summed E-state index contributed by atoms with van der Waals surface area (Å²) in [5, 5.41) is 2.92. The quantitative estimate of drug-likeness (QED) is 0.806. The molecule has 1 N–H and O–H groups in total. The number of hydrogen-bond donors (Lipinski definition) is 1. The Kier molecular flexibility index (Phi) is 5.88. The molecule has 5 heteroatoms. The highest BCUT2D eigenvalue weighted by atomic mass is 16.2. The van der Waals surface area contributed by atoms with Gasteiger partial charge in [-0.2, -0.15) is 0 Å². The summed E-state index contributed by atoms with van der Waals surface area (Å²) in [5.41, 5.74) is 0. The molecule has 2 fully saturated rings. The first-order valence-electron chi connectivity index (χ1n) is 8.44. The molecule has 3 amide bonds. The van der Waals surface area contributed by atoms with Crippen LogP contribution in [0.3, 0.4) is 0 Å². The monoisotopic (exact) mass is 295 g/mol. The van der Waals surface area contributed by atoms with Gasteiger partial charge in [-0.25, -0.2) is 4.79 Å². The predicted molar refractivity (Wildman–Crippen MR) is 83.0 cm³/mol. The Morgan fingerprint density at radius 2 is 1.86 bits per heavy atom.